The summed E-state index contributed by atoms with van der Waals surface area (Å²) in [5.41, 5.74) is 7.02. The van der Waals surface area contributed by atoms with Crippen LogP contribution in [0.3, 0.4) is 0 Å². The van der Waals surface area contributed by atoms with Crippen LogP contribution in [0.2, 0.25) is 0 Å². The number of aromatic amines is 1. The Labute approximate surface area is 130 Å². The average molecular weight is 348 g/mol. The van der Waals surface area contributed by atoms with Crippen molar-refractivity contribution in [2.24, 2.45) is 0 Å². The number of hydrogen-bond donors (Lipinski definition) is 3. The number of amides is 2. The quantitative estimate of drug-likeness (QED) is 0.589. The van der Waals surface area contributed by atoms with E-state index in [-0.39, 0.29) is 0 Å². The summed E-state index contributed by atoms with van der Waals surface area (Å²) in [6.07, 6.45) is 4.67. The molecule has 0 fully saturated rings. The molecule has 5 nitrogen and oxygen atoms in total. The van der Waals surface area contributed by atoms with Crippen LogP contribution in [-0.2, 0) is 4.79 Å². The first-order valence-corrected chi connectivity index (χ1v) is 7.03. The fraction of sp³-hybridized carbons (Fsp3) is 0.0667. The van der Waals surface area contributed by atoms with E-state index in [9.17, 15) is 9.59 Å². The van der Waals surface area contributed by atoms with E-state index in [4.69, 9.17) is 0 Å². The second-order valence-corrected chi connectivity index (χ2v) is 5.34. The number of carbonyl (C=O) groups excluding carboxylic acids is 2. The number of halogens is 1. The summed E-state index contributed by atoms with van der Waals surface area (Å²) in [4.78, 5) is 26.1. The molecule has 0 radical (unpaired) electrons. The van der Waals surface area contributed by atoms with Gasteiger partial charge >= 0.3 is 0 Å². The van der Waals surface area contributed by atoms with Crippen LogP contribution >= 0.6 is 15.9 Å². The Balaban J connectivity index is 1.86. The number of hydrogen-bond acceptors (Lipinski definition) is 2. The predicted octanol–water partition coefficient (Wildman–Crippen LogP) is 2.56. The summed E-state index contributed by atoms with van der Waals surface area (Å²) in [6.45, 7) is 1.98. The largest absolute Gasteiger partial charge is 0.356 e. The van der Waals surface area contributed by atoms with E-state index in [0.717, 1.165) is 15.6 Å². The highest BCUT2D eigenvalue weighted by Crippen LogP contribution is 2.10. The minimum Gasteiger partial charge on any atom is -0.356 e. The summed E-state index contributed by atoms with van der Waals surface area (Å²) in [7, 11) is 0. The summed E-state index contributed by atoms with van der Waals surface area (Å²) < 4.78 is 0.762. The number of carbonyl (C=O) groups is 2. The molecule has 1 aromatic carbocycles. The van der Waals surface area contributed by atoms with E-state index < -0.39 is 11.8 Å². The van der Waals surface area contributed by atoms with Crippen LogP contribution in [0.25, 0.3) is 6.08 Å². The molecule has 0 saturated carbocycles. The Kier molecular flexibility index (Phi) is 4.94. The Morgan fingerprint density at radius 2 is 2.05 bits per heavy atom. The highest BCUT2D eigenvalue weighted by Gasteiger charge is 2.07. The molecule has 1 aromatic heterocycles. The lowest BCUT2D eigenvalue weighted by Crippen LogP contribution is -2.40. The van der Waals surface area contributed by atoms with Gasteiger partial charge in [0.05, 0.1) is 0 Å². The molecular weight excluding hydrogens is 334 g/mol. The zero-order valence-corrected chi connectivity index (χ0v) is 12.9. The number of rotatable bonds is 3. The minimum absolute atomic E-state index is 0.352. The second-order valence-electron chi connectivity index (χ2n) is 4.42. The minimum atomic E-state index is -0.419. The highest BCUT2D eigenvalue weighted by atomic mass is 79.9. The summed E-state index contributed by atoms with van der Waals surface area (Å²) in [6, 6.07) is 9.36. The van der Waals surface area contributed by atoms with Gasteiger partial charge in [0, 0.05) is 16.7 Å². The Morgan fingerprint density at radius 3 is 2.71 bits per heavy atom. The highest BCUT2D eigenvalue weighted by molar-refractivity contribution is 9.10. The maximum Gasteiger partial charge on any atom is 0.286 e. The van der Waals surface area contributed by atoms with Crippen molar-refractivity contribution in [1.29, 1.82) is 0 Å². The van der Waals surface area contributed by atoms with Crippen LogP contribution in [0.1, 0.15) is 21.6 Å². The van der Waals surface area contributed by atoms with Crippen LogP contribution in [-0.4, -0.2) is 16.8 Å². The Morgan fingerprint density at radius 1 is 1.24 bits per heavy atom. The molecule has 2 aromatic rings. The van der Waals surface area contributed by atoms with Gasteiger partial charge in [-0.3, -0.25) is 20.4 Å². The molecule has 0 aliphatic heterocycles. The van der Waals surface area contributed by atoms with Crippen molar-refractivity contribution >= 4 is 33.8 Å². The van der Waals surface area contributed by atoms with Crippen molar-refractivity contribution in [2.75, 3.05) is 0 Å². The molecule has 0 saturated heterocycles. The lowest BCUT2D eigenvalue weighted by Gasteiger charge is -2.03. The van der Waals surface area contributed by atoms with Gasteiger partial charge in [-0.1, -0.05) is 29.8 Å². The number of aromatic nitrogens is 1. The third-order valence-corrected chi connectivity index (χ3v) is 3.12. The first kappa shape index (κ1) is 15.1. The normalized spacial score (nSPS) is 10.6. The molecule has 21 heavy (non-hydrogen) atoms. The molecule has 2 rings (SSSR count). The standard InChI is InChI=1S/C15H14BrN3O2/c1-10-3-2-4-11(7-10)5-6-14(20)18-19-15(21)13-8-12(16)9-17-13/h2-9,17H,1H3,(H,18,20)(H,19,21)/b6-5+. The molecule has 0 spiro atoms. The van der Waals surface area contributed by atoms with Crippen molar-refractivity contribution in [2.45, 2.75) is 6.92 Å². The SMILES string of the molecule is Cc1cccc(/C=C/C(=O)NNC(=O)c2cc(Br)c[nH]2)c1. The van der Waals surface area contributed by atoms with Gasteiger partial charge < -0.3 is 4.98 Å². The second kappa shape index (κ2) is 6.90. The van der Waals surface area contributed by atoms with E-state index >= 15 is 0 Å². The molecule has 0 unspecified atom stereocenters. The Hall–Kier alpha value is -2.34. The molecule has 6 heteroatoms. The fourth-order valence-corrected chi connectivity index (χ4v) is 2.02. The number of aryl methyl sites for hydroxylation is 1. The topological polar surface area (TPSA) is 74.0 Å². The van der Waals surface area contributed by atoms with Crippen molar-refractivity contribution in [3.05, 3.63) is 63.9 Å². The van der Waals surface area contributed by atoms with Gasteiger partial charge in [-0.2, -0.15) is 0 Å². The van der Waals surface area contributed by atoms with E-state index in [1.165, 1.54) is 6.08 Å². The van der Waals surface area contributed by atoms with Crippen LogP contribution < -0.4 is 10.9 Å². The van der Waals surface area contributed by atoms with Crippen molar-refractivity contribution in [3.8, 4) is 0 Å². The molecule has 108 valence electrons. The summed E-state index contributed by atoms with van der Waals surface area (Å²) in [5, 5.41) is 0. The van der Waals surface area contributed by atoms with E-state index in [1.54, 1.807) is 18.3 Å². The zero-order chi connectivity index (χ0) is 15.2. The van der Waals surface area contributed by atoms with Gasteiger partial charge in [0.25, 0.3) is 11.8 Å². The molecule has 0 atom stereocenters. The van der Waals surface area contributed by atoms with Crippen LogP contribution in [0, 0.1) is 6.92 Å². The number of H-pyrrole nitrogens is 1. The Bertz CT molecular complexity index is 692. The van der Waals surface area contributed by atoms with Crippen LogP contribution in [0.5, 0.6) is 0 Å². The molecule has 0 aliphatic rings. The van der Waals surface area contributed by atoms with Gasteiger partial charge in [0.15, 0.2) is 0 Å². The average Bonchev–Trinajstić information content (AvgIpc) is 2.89. The number of nitrogens with one attached hydrogen (secondary N) is 3. The molecule has 3 N–H and O–H groups in total. The van der Waals surface area contributed by atoms with Gasteiger partial charge in [-0.15, -0.1) is 0 Å². The molecule has 1 heterocycles. The predicted molar refractivity (Wildman–Crippen MR) is 84.3 cm³/mol. The van der Waals surface area contributed by atoms with Crippen LogP contribution in [0.15, 0.2) is 47.1 Å². The molecular formula is C15H14BrN3O2. The number of hydrazine groups is 1. The monoisotopic (exact) mass is 347 g/mol. The maximum absolute atomic E-state index is 11.7. The third-order valence-electron chi connectivity index (χ3n) is 2.66. The maximum atomic E-state index is 11.7. The smallest absolute Gasteiger partial charge is 0.286 e. The van der Waals surface area contributed by atoms with Crippen molar-refractivity contribution < 1.29 is 9.59 Å². The first-order valence-electron chi connectivity index (χ1n) is 6.23. The molecule has 0 aliphatic carbocycles. The molecule has 0 bridgehead atoms. The van der Waals surface area contributed by atoms with Crippen molar-refractivity contribution in [1.82, 2.24) is 15.8 Å². The van der Waals surface area contributed by atoms with E-state index in [0.29, 0.717) is 5.69 Å². The van der Waals surface area contributed by atoms with Gasteiger partial charge in [0.2, 0.25) is 0 Å². The van der Waals surface area contributed by atoms with Crippen molar-refractivity contribution in [3.63, 3.8) is 0 Å². The summed E-state index contributed by atoms with van der Waals surface area (Å²) in [5.74, 6) is -0.825. The van der Waals surface area contributed by atoms with Gasteiger partial charge in [-0.05, 0) is 40.6 Å². The number of benzene rings is 1. The van der Waals surface area contributed by atoms with Gasteiger partial charge in [0.1, 0.15) is 5.69 Å². The zero-order valence-electron chi connectivity index (χ0n) is 11.3. The summed E-state index contributed by atoms with van der Waals surface area (Å²) >= 11 is 3.23. The fourth-order valence-electron chi connectivity index (χ4n) is 1.67. The first-order chi connectivity index (χ1) is 10.0. The lowest BCUT2D eigenvalue weighted by atomic mass is 10.1. The van der Waals surface area contributed by atoms with E-state index in [1.807, 2.05) is 31.2 Å². The molecule has 2 amide bonds. The third kappa shape index (κ3) is 4.61. The lowest BCUT2D eigenvalue weighted by molar-refractivity contribution is -0.117. The van der Waals surface area contributed by atoms with Gasteiger partial charge in [-0.25, -0.2) is 0 Å². The van der Waals surface area contributed by atoms with Crippen LogP contribution in [0.4, 0.5) is 0 Å². The van der Waals surface area contributed by atoms with E-state index in [2.05, 4.69) is 31.8 Å².